The lowest BCUT2D eigenvalue weighted by molar-refractivity contribution is 1.23. The molecule has 0 unspecified atom stereocenters. The van der Waals surface area contributed by atoms with Crippen molar-refractivity contribution in [2.75, 3.05) is 5.32 Å². The number of nitrogens with zero attached hydrogens (tertiary/aromatic N) is 2. The average molecular weight is 338 g/mol. The molecule has 0 radical (unpaired) electrons. The van der Waals surface area contributed by atoms with Gasteiger partial charge in [0.2, 0.25) is 0 Å². The van der Waals surface area contributed by atoms with E-state index in [1.54, 1.807) is 17.7 Å². The normalized spacial score (nSPS) is 10.8. The maximum absolute atomic E-state index is 6.25. The Labute approximate surface area is 142 Å². The lowest BCUT2D eigenvalue weighted by atomic mass is 10.1. The third kappa shape index (κ3) is 2.67. The van der Waals surface area contributed by atoms with Gasteiger partial charge in [-0.25, -0.2) is 9.97 Å². The molecule has 112 valence electrons. The highest BCUT2D eigenvalue weighted by Gasteiger charge is 2.13. The molecule has 0 spiro atoms. The van der Waals surface area contributed by atoms with Crippen molar-refractivity contribution in [1.29, 1.82) is 0 Å². The van der Waals surface area contributed by atoms with E-state index >= 15 is 0 Å². The number of benzene rings is 2. The monoisotopic (exact) mass is 337 g/mol. The Hall–Kier alpha value is -2.43. The summed E-state index contributed by atoms with van der Waals surface area (Å²) in [6, 6.07) is 17.9. The van der Waals surface area contributed by atoms with Crippen LogP contribution in [0.5, 0.6) is 0 Å². The van der Waals surface area contributed by atoms with Crippen LogP contribution in [0.3, 0.4) is 0 Å². The van der Waals surface area contributed by atoms with E-state index in [2.05, 4.69) is 32.8 Å². The summed E-state index contributed by atoms with van der Waals surface area (Å²) in [6.45, 7) is 0. The van der Waals surface area contributed by atoms with Gasteiger partial charge < -0.3 is 5.32 Å². The van der Waals surface area contributed by atoms with E-state index in [-0.39, 0.29) is 0 Å². The van der Waals surface area contributed by atoms with E-state index in [0.29, 0.717) is 5.02 Å². The van der Waals surface area contributed by atoms with Crippen molar-refractivity contribution in [3.8, 4) is 11.1 Å². The molecular weight excluding hydrogens is 326 g/mol. The minimum Gasteiger partial charge on any atom is -0.338 e. The van der Waals surface area contributed by atoms with Crippen molar-refractivity contribution in [3.63, 3.8) is 0 Å². The van der Waals surface area contributed by atoms with Crippen LogP contribution in [0.4, 0.5) is 11.5 Å². The molecule has 4 rings (SSSR count). The topological polar surface area (TPSA) is 37.8 Å². The third-order valence-corrected chi connectivity index (χ3v) is 4.80. The SMILES string of the molecule is Clc1ccccc1Nc1ncnc2scc(-c3ccccc3)c12. The van der Waals surface area contributed by atoms with Crippen molar-refractivity contribution in [1.82, 2.24) is 9.97 Å². The Kier molecular flexibility index (Phi) is 3.69. The first-order valence-corrected chi connectivity index (χ1v) is 8.38. The summed E-state index contributed by atoms with van der Waals surface area (Å²) in [5.41, 5.74) is 3.11. The average Bonchev–Trinajstić information content (AvgIpc) is 3.03. The Morgan fingerprint density at radius 2 is 1.70 bits per heavy atom. The van der Waals surface area contributed by atoms with Crippen molar-refractivity contribution in [2.45, 2.75) is 0 Å². The summed E-state index contributed by atoms with van der Waals surface area (Å²) in [5, 5.41) is 7.13. The zero-order valence-corrected chi connectivity index (χ0v) is 13.6. The molecule has 0 aliphatic heterocycles. The van der Waals surface area contributed by atoms with Crippen molar-refractivity contribution in [3.05, 3.63) is 71.3 Å². The number of halogens is 1. The molecule has 4 aromatic rings. The molecule has 23 heavy (non-hydrogen) atoms. The van der Waals surface area contributed by atoms with Crippen LogP contribution in [0.2, 0.25) is 5.02 Å². The van der Waals surface area contributed by atoms with Gasteiger partial charge in [-0.1, -0.05) is 54.1 Å². The van der Waals surface area contributed by atoms with E-state index < -0.39 is 0 Å². The fourth-order valence-electron chi connectivity index (χ4n) is 2.49. The zero-order valence-electron chi connectivity index (χ0n) is 12.0. The van der Waals surface area contributed by atoms with E-state index in [1.807, 2.05) is 42.5 Å². The minimum atomic E-state index is 0.663. The largest absolute Gasteiger partial charge is 0.338 e. The number of anilines is 2. The van der Waals surface area contributed by atoms with Gasteiger partial charge in [0.1, 0.15) is 17.0 Å². The number of nitrogens with one attached hydrogen (secondary N) is 1. The van der Waals surface area contributed by atoms with Crippen LogP contribution in [0.15, 0.2) is 66.3 Å². The molecule has 0 fully saturated rings. The number of hydrogen-bond acceptors (Lipinski definition) is 4. The molecule has 5 heteroatoms. The predicted molar refractivity (Wildman–Crippen MR) is 97.6 cm³/mol. The third-order valence-electron chi connectivity index (χ3n) is 3.58. The number of fused-ring (bicyclic) bond motifs is 1. The standard InChI is InChI=1S/C18H12ClN3S/c19-14-8-4-5-9-15(14)22-17-16-13(12-6-2-1-3-7-12)10-23-18(16)21-11-20-17/h1-11H,(H,20,21,22). The summed E-state index contributed by atoms with van der Waals surface area (Å²) in [4.78, 5) is 9.77. The first-order valence-electron chi connectivity index (χ1n) is 7.12. The lowest BCUT2D eigenvalue weighted by Gasteiger charge is -2.09. The number of aromatic nitrogens is 2. The van der Waals surface area contributed by atoms with Gasteiger partial charge in [0.05, 0.1) is 16.1 Å². The molecule has 2 heterocycles. The van der Waals surface area contributed by atoms with Gasteiger partial charge in [-0.15, -0.1) is 11.3 Å². The van der Waals surface area contributed by atoms with Gasteiger partial charge in [0.25, 0.3) is 0 Å². The molecule has 0 saturated carbocycles. The van der Waals surface area contributed by atoms with Crippen molar-refractivity contribution >= 4 is 44.7 Å². The number of rotatable bonds is 3. The first-order chi connectivity index (χ1) is 11.3. The Balaban J connectivity index is 1.87. The first kappa shape index (κ1) is 14.2. The van der Waals surface area contributed by atoms with Gasteiger partial charge >= 0.3 is 0 Å². The molecule has 3 nitrogen and oxygen atoms in total. The number of hydrogen-bond donors (Lipinski definition) is 1. The van der Waals surface area contributed by atoms with Crippen LogP contribution in [-0.2, 0) is 0 Å². The number of thiophene rings is 1. The van der Waals surface area contributed by atoms with Crippen LogP contribution in [0, 0.1) is 0 Å². The predicted octanol–water partition coefficient (Wildman–Crippen LogP) is 5.76. The quantitative estimate of drug-likeness (QED) is 0.516. The second-order valence-corrected chi connectivity index (χ2v) is 6.29. The highest BCUT2D eigenvalue weighted by Crippen LogP contribution is 2.37. The lowest BCUT2D eigenvalue weighted by Crippen LogP contribution is -1.96. The van der Waals surface area contributed by atoms with Crippen molar-refractivity contribution < 1.29 is 0 Å². The van der Waals surface area contributed by atoms with E-state index in [4.69, 9.17) is 11.6 Å². The molecule has 0 aliphatic carbocycles. The van der Waals surface area contributed by atoms with Gasteiger partial charge in [0.15, 0.2) is 0 Å². The molecule has 1 N–H and O–H groups in total. The van der Waals surface area contributed by atoms with Crippen LogP contribution >= 0.6 is 22.9 Å². The Bertz CT molecular complexity index is 966. The fraction of sp³-hybridized carbons (Fsp3) is 0. The summed E-state index contributed by atoms with van der Waals surface area (Å²) in [5.74, 6) is 0.767. The zero-order chi connectivity index (χ0) is 15.6. The second kappa shape index (κ2) is 5.99. The second-order valence-electron chi connectivity index (χ2n) is 5.02. The van der Waals surface area contributed by atoms with Crippen LogP contribution in [0.25, 0.3) is 21.3 Å². The number of para-hydroxylation sites is 1. The molecule has 2 aromatic carbocycles. The molecule has 0 saturated heterocycles. The van der Waals surface area contributed by atoms with E-state index in [0.717, 1.165) is 32.8 Å². The minimum absolute atomic E-state index is 0.663. The van der Waals surface area contributed by atoms with Gasteiger partial charge in [-0.3, -0.25) is 0 Å². The Morgan fingerprint density at radius 3 is 2.52 bits per heavy atom. The van der Waals surface area contributed by atoms with E-state index in [1.165, 1.54) is 0 Å². The summed E-state index contributed by atoms with van der Waals surface area (Å²) in [6.07, 6.45) is 1.58. The maximum Gasteiger partial charge on any atom is 0.143 e. The summed E-state index contributed by atoms with van der Waals surface area (Å²) < 4.78 is 0. The molecular formula is C18H12ClN3S. The van der Waals surface area contributed by atoms with Crippen LogP contribution in [-0.4, -0.2) is 9.97 Å². The van der Waals surface area contributed by atoms with Crippen molar-refractivity contribution in [2.24, 2.45) is 0 Å². The summed E-state index contributed by atoms with van der Waals surface area (Å²) in [7, 11) is 0. The van der Waals surface area contributed by atoms with Crippen LogP contribution < -0.4 is 5.32 Å². The highest BCUT2D eigenvalue weighted by atomic mass is 35.5. The van der Waals surface area contributed by atoms with Gasteiger partial charge in [-0.05, 0) is 17.7 Å². The fourth-order valence-corrected chi connectivity index (χ4v) is 3.59. The molecule has 0 amide bonds. The van der Waals surface area contributed by atoms with Gasteiger partial charge in [0, 0.05) is 10.9 Å². The molecule has 0 bridgehead atoms. The maximum atomic E-state index is 6.25. The van der Waals surface area contributed by atoms with E-state index in [9.17, 15) is 0 Å². The van der Waals surface area contributed by atoms with Gasteiger partial charge in [-0.2, -0.15) is 0 Å². The highest BCUT2D eigenvalue weighted by molar-refractivity contribution is 7.17. The van der Waals surface area contributed by atoms with Crippen LogP contribution in [0.1, 0.15) is 0 Å². The Morgan fingerprint density at radius 1 is 0.913 bits per heavy atom. The molecule has 0 atom stereocenters. The molecule has 0 aliphatic rings. The molecule has 2 aromatic heterocycles. The smallest absolute Gasteiger partial charge is 0.143 e. The summed E-state index contributed by atoms with van der Waals surface area (Å²) >= 11 is 7.87.